The van der Waals surface area contributed by atoms with Crippen molar-refractivity contribution in [2.45, 2.75) is 44.2 Å². The van der Waals surface area contributed by atoms with Crippen molar-refractivity contribution >= 4 is 23.3 Å². The van der Waals surface area contributed by atoms with Gasteiger partial charge in [0.15, 0.2) is 5.78 Å². The predicted octanol–water partition coefficient (Wildman–Crippen LogP) is 3.63. The predicted molar refractivity (Wildman–Crippen MR) is 119 cm³/mol. The largest absolute Gasteiger partial charge is 0.389 e. The number of aliphatic hydroxyl groups is 1. The number of hydrogen-bond acceptors (Lipinski definition) is 4. The first-order valence-corrected chi connectivity index (χ1v) is 10.9. The van der Waals surface area contributed by atoms with E-state index in [2.05, 4.69) is 10.2 Å². The molecular formula is C24H28ClFN2O3. The SMILES string of the molecule is CC(=O)NC(CCN1CCC(O)(Cc2ccc(Cl)cc2)CC1)C(=O)c1cccc(F)c1. The van der Waals surface area contributed by atoms with E-state index in [1.165, 1.54) is 25.1 Å². The molecule has 1 aliphatic heterocycles. The van der Waals surface area contributed by atoms with Crippen LogP contribution in [-0.2, 0) is 11.2 Å². The van der Waals surface area contributed by atoms with Gasteiger partial charge in [-0.25, -0.2) is 4.39 Å². The van der Waals surface area contributed by atoms with Crippen LogP contribution in [0.25, 0.3) is 0 Å². The second-order valence-corrected chi connectivity index (χ2v) is 8.72. The second-order valence-electron chi connectivity index (χ2n) is 8.29. The molecule has 1 aliphatic rings. The van der Waals surface area contributed by atoms with Gasteiger partial charge in [-0.2, -0.15) is 0 Å². The van der Waals surface area contributed by atoms with Crippen molar-refractivity contribution in [1.29, 1.82) is 0 Å². The molecule has 0 aliphatic carbocycles. The van der Waals surface area contributed by atoms with E-state index in [0.29, 0.717) is 50.3 Å². The summed E-state index contributed by atoms with van der Waals surface area (Å²) in [5.74, 6) is -1.08. The molecule has 1 amide bonds. The summed E-state index contributed by atoms with van der Waals surface area (Å²) >= 11 is 5.93. The average Bonchev–Trinajstić information content (AvgIpc) is 2.73. The summed E-state index contributed by atoms with van der Waals surface area (Å²) in [6.07, 6.45) is 2.24. The number of benzene rings is 2. The highest BCUT2D eigenvalue weighted by molar-refractivity contribution is 6.30. The highest BCUT2D eigenvalue weighted by Gasteiger charge is 2.33. The monoisotopic (exact) mass is 446 g/mol. The third-order valence-electron chi connectivity index (χ3n) is 5.77. The van der Waals surface area contributed by atoms with Gasteiger partial charge >= 0.3 is 0 Å². The maximum atomic E-state index is 13.5. The Morgan fingerprint density at radius 2 is 1.87 bits per heavy atom. The molecule has 3 rings (SSSR count). The first kappa shape index (κ1) is 23.4. The Bertz CT molecular complexity index is 911. The summed E-state index contributed by atoms with van der Waals surface area (Å²) in [4.78, 5) is 26.6. The minimum Gasteiger partial charge on any atom is -0.389 e. The number of rotatable bonds is 8. The van der Waals surface area contributed by atoms with Crippen molar-refractivity contribution in [2.24, 2.45) is 0 Å². The van der Waals surface area contributed by atoms with Gasteiger partial charge in [0, 0.05) is 43.6 Å². The smallest absolute Gasteiger partial charge is 0.217 e. The Morgan fingerprint density at radius 1 is 1.19 bits per heavy atom. The number of likely N-dealkylation sites (tertiary alicyclic amines) is 1. The number of amides is 1. The summed E-state index contributed by atoms with van der Waals surface area (Å²) in [7, 11) is 0. The van der Waals surface area contributed by atoms with E-state index in [-0.39, 0.29) is 17.3 Å². The molecule has 31 heavy (non-hydrogen) atoms. The van der Waals surface area contributed by atoms with E-state index in [9.17, 15) is 19.1 Å². The zero-order valence-corrected chi connectivity index (χ0v) is 18.4. The molecule has 2 aromatic carbocycles. The lowest BCUT2D eigenvalue weighted by Gasteiger charge is -2.38. The average molecular weight is 447 g/mol. The first-order chi connectivity index (χ1) is 14.7. The topological polar surface area (TPSA) is 69.6 Å². The van der Waals surface area contributed by atoms with Crippen LogP contribution in [0, 0.1) is 5.82 Å². The van der Waals surface area contributed by atoms with Crippen molar-refractivity contribution in [1.82, 2.24) is 10.2 Å². The lowest BCUT2D eigenvalue weighted by Crippen LogP contribution is -2.48. The molecule has 1 atom stereocenters. The van der Waals surface area contributed by atoms with Gasteiger partial charge in [0.25, 0.3) is 0 Å². The molecule has 2 N–H and O–H groups in total. The van der Waals surface area contributed by atoms with Crippen LogP contribution in [0.4, 0.5) is 4.39 Å². The zero-order chi connectivity index (χ0) is 22.4. The van der Waals surface area contributed by atoms with E-state index in [4.69, 9.17) is 11.6 Å². The Hall–Kier alpha value is -2.28. The van der Waals surface area contributed by atoms with Gasteiger partial charge in [-0.3, -0.25) is 9.59 Å². The maximum Gasteiger partial charge on any atom is 0.217 e. The lowest BCUT2D eigenvalue weighted by molar-refractivity contribution is -0.119. The van der Waals surface area contributed by atoms with Crippen LogP contribution in [0.2, 0.25) is 5.02 Å². The fourth-order valence-electron chi connectivity index (χ4n) is 4.02. The second kappa shape index (κ2) is 10.4. The standard InChI is InChI=1S/C24H28ClFN2O3/c1-17(29)27-22(23(30)19-3-2-4-21(26)15-19)9-12-28-13-10-24(31,11-14-28)16-18-5-7-20(25)8-6-18/h2-8,15,22,31H,9-14,16H2,1H3,(H,27,29). The first-order valence-electron chi connectivity index (χ1n) is 10.5. The molecule has 0 aromatic heterocycles. The summed E-state index contributed by atoms with van der Waals surface area (Å²) in [5.41, 5.74) is 0.528. The number of carbonyl (C=O) groups excluding carboxylic acids is 2. The van der Waals surface area contributed by atoms with Gasteiger partial charge in [0.1, 0.15) is 5.82 Å². The summed E-state index contributed by atoms with van der Waals surface area (Å²) in [5, 5.41) is 14.3. The van der Waals surface area contributed by atoms with Crippen LogP contribution < -0.4 is 5.32 Å². The lowest BCUT2D eigenvalue weighted by atomic mass is 9.85. The Labute approximate surface area is 187 Å². The van der Waals surface area contributed by atoms with Crippen LogP contribution in [0.5, 0.6) is 0 Å². The van der Waals surface area contributed by atoms with E-state index in [1.54, 1.807) is 6.07 Å². The number of hydrogen-bond donors (Lipinski definition) is 2. The van der Waals surface area contributed by atoms with Crippen molar-refractivity contribution in [3.05, 3.63) is 70.5 Å². The molecule has 0 bridgehead atoms. The molecule has 7 heteroatoms. The number of piperidine rings is 1. The van der Waals surface area contributed by atoms with E-state index in [1.807, 2.05) is 24.3 Å². The van der Waals surface area contributed by atoms with Crippen LogP contribution >= 0.6 is 11.6 Å². The summed E-state index contributed by atoms with van der Waals surface area (Å²) in [6.45, 7) is 3.36. The highest BCUT2D eigenvalue weighted by Crippen LogP contribution is 2.27. The molecule has 0 saturated carbocycles. The number of carbonyl (C=O) groups is 2. The van der Waals surface area contributed by atoms with Crippen molar-refractivity contribution in [3.8, 4) is 0 Å². The zero-order valence-electron chi connectivity index (χ0n) is 17.6. The number of nitrogens with one attached hydrogen (secondary N) is 1. The van der Waals surface area contributed by atoms with Crippen LogP contribution in [-0.4, -0.2) is 53.0 Å². The molecule has 1 saturated heterocycles. The van der Waals surface area contributed by atoms with E-state index in [0.717, 1.165) is 5.56 Å². The van der Waals surface area contributed by atoms with Crippen LogP contribution in [0.15, 0.2) is 48.5 Å². The van der Waals surface area contributed by atoms with Crippen LogP contribution in [0.1, 0.15) is 42.1 Å². The normalized spacial score (nSPS) is 17.2. The molecule has 166 valence electrons. The molecule has 0 spiro atoms. The Morgan fingerprint density at radius 3 is 2.48 bits per heavy atom. The number of halogens is 2. The number of nitrogens with zero attached hydrogens (tertiary/aromatic N) is 1. The van der Waals surface area contributed by atoms with Crippen LogP contribution in [0.3, 0.4) is 0 Å². The molecule has 1 unspecified atom stereocenters. The third-order valence-corrected chi connectivity index (χ3v) is 6.02. The van der Waals surface area contributed by atoms with Gasteiger partial charge in [0.2, 0.25) is 5.91 Å². The summed E-state index contributed by atoms with van der Waals surface area (Å²) in [6, 6.07) is 12.3. The van der Waals surface area contributed by atoms with E-state index >= 15 is 0 Å². The Kier molecular flexibility index (Phi) is 7.81. The van der Waals surface area contributed by atoms with Crippen molar-refractivity contribution in [3.63, 3.8) is 0 Å². The minimum absolute atomic E-state index is 0.245. The molecule has 1 heterocycles. The molecule has 5 nitrogen and oxygen atoms in total. The number of Topliss-reactive ketones (excluding diaryl/α,β-unsaturated/α-hetero) is 1. The molecule has 1 fully saturated rings. The summed E-state index contributed by atoms with van der Waals surface area (Å²) < 4.78 is 13.5. The third kappa shape index (κ3) is 6.86. The quantitative estimate of drug-likeness (QED) is 0.607. The van der Waals surface area contributed by atoms with Crippen molar-refractivity contribution < 1.29 is 19.1 Å². The molecular weight excluding hydrogens is 419 g/mol. The van der Waals surface area contributed by atoms with Gasteiger partial charge in [0.05, 0.1) is 11.6 Å². The molecule has 0 radical (unpaired) electrons. The van der Waals surface area contributed by atoms with Gasteiger partial charge in [-0.05, 0) is 49.1 Å². The highest BCUT2D eigenvalue weighted by atomic mass is 35.5. The fourth-order valence-corrected chi connectivity index (χ4v) is 4.15. The fraction of sp³-hybridized carbons (Fsp3) is 0.417. The van der Waals surface area contributed by atoms with Gasteiger partial charge in [-0.1, -0.05) is 35.9 Å². The van der Waals surface area contributed by atoms with Gasteiger partial charge < -0.3 is 15.3 Å². The Balaban J connectivity index is 1.54. The number of ketones is 1. The van der Waals surface area contributed by atoms with Crippen molar-refractivity contribution in [2.75, 3.05) is 19.6 Å². The minimum atomic E-state index is -0.765. The van der Waals surface area contributed by atoms with E-state index < -0.39 is 17.5 Å². The maximum absolute atomic E-state index is 13.5. The molecule has 2 aromatic rings. The van der Waals surface area contributed by atoms with Gasteiger partial charge in [-0.15, -0.1) is 0 Å².